The van der Waals surface area contributed by atoms with Crippen LogP contribution in [0.3, 0.4) is 0 Å². The van der Waals surface area contributed by atoms with Crippen LogP contribution in [0.4, 0.5) is 13.2 Å². The SMILES string of the molecule is CC(C)(C(=O)NCC1(C(=O)O)CC1)c1cccc(C(F)(F)F)c1. The van der Waals surface area contributed by atoms with Crippen molar-refractivity contribution in [1.29, 1.82) is 0 Å². The second-order valence-electron chi connectivity index (χ2n) is 6.47. The van der Waals surface area contributed by atoms with Gasteiger partial charge in [-0.1, -0.05) is 18.2 Å². The third-order valence-corrected chi connectivity index (χ3v) is 4.37. The van der Waals surface area contributed by atoms with Crippen LogP contribution in [0.15, 0.2) is 24.3 Å². The molecule has 4 nitrogen and oxygen atoms in total. The lowest BCUT2D eigenvalue weighted by Crippen LogP contribution is -2.43. The molecule has 2 rings (SSSR count). The van der Waals surface area contributed by atoms with Crippen molar-refractivity contribution in [3.05, 3.63) is 35.4 Å². The molecule has 1 saturated carbocycles. The van der Waals surface area contributed by atoms with Crippen LogP contribution in [-0.2, 0) is 21.2 Å². The summed E-state index contributed by atoms with van der Waals surface area (Å²) in [5.41, 5.74) is -2.71. The molecule has 0 heterocycles. The highest BCUT2D eigenvalue weighted by Crippen LogP contribution is 2.45. The molecule has 1 aliphatic carbocycles. The number of rotatable bonds is 5. The van der Waals surface area contributed by atoms with Crippen LogP contribution in [0.25, 0.3) is 0 Å². The van der Waals surface area contributed by atoms with Gasteiger partial charge in [0, 0.05) is 6.54 Å². The predicted octanol–water partition coefficient (Wildman–Crippen LogP) is 2.96. The minimum atomic E-state index is -4.48. The monoisotopic (exact) mass is 329 g/mol. The first-order valence-corrected chi connectivity index (χ1v) is 7.18. The summed E-state index contributed by atoms with van der Waals surface area (Å²) >= 11 is 0. The first kappa shape index (κ1) is 17.3. The van der Waals surface area contributed by atoms with Gasteiger partial charge < -0.3 is 10.4 Å². The molecule has 1 aliphatic rings. The molecule has 0 spiro atoms. The van der Waals surface area contributed by atoms with Crippen molar-refractivity contribution < 1.29 is 27.9 Å². The van der Waals surface area contributed by atoms with Crippen LogP contribution >= 0.6 is 0 Å². The summed E-state index contributed by atoms with van der Waals surface area (Å²) in [4.78, 5) is 23.4. The van der Waals surface area contributed by atoms with Crippen molar-refractivity contribution in [2.75, 3.05) is 6.54 Å². The summed E-state index contributed by atoms with van der Waals surface area (Å²) in [5, 5.41) is 11.6. The maximum Gasteiger partial charge on any atom is 0.416 e. The zero-order valence-corrected chi connectivity index (χ0v) is 12.8. The summed E-state index contributed by atoms with van der Waals surface area (Å²) in [6.45, 7) is 3.01. The van der Waals surface area contributed by atoms with Crippen molar-refractivity contribution in [3.8, 4) is 0 Å². The van der Waals surface area contributed by atoms with Crippen LogP contribution in [0.5, 0.6) is 0 Å². The van der Waals surface area contributed by atoms with Gasteiger partial charge in [-0.25, -0.2) is 0 Å². The Morgan fingerprint density at radius 3 is 2.26 bits per heavy atom. The zero-order chi connectivity index (χ0) is 17.5. The minimum absolute atomic E-state index is 0.0104. The Morgan fingerprint density at radius 2 is 1.78 bits per heavy atom. The van der Waals surface area contributed by atoms with E-state index in [4.69, 9.17) is 5.11 Å². The molecule has 0 radical (unpaired) electrons. The number of halogens is 3. The average molecular weight is 329 g/mol. The number of amides is 1. The van der Waals surface area contributed by atoms with E-state index in [0.717, 1.165) is 12.1 Å². The van der Waals surface area contributed by atoms with E-state index >= 15 is 0 Å². The van der Waals surface area contributed by atoms with Gasteiger partial charge in [-0.3, -0.25) is 9.59 Å². The largest absolute Gasteiger partial charge is 0.481 e. The van der Waals surface area contributed by atoms with Crippen LogP contribution in [0.2, 0.25) is 0 Å². The van der Waals surface area contributed by atoms with Crippen molar-refractivity contribution in [2.24, 2.45) is 5.41 Å². The first-order valence-electron chi connectivity index (χ1n) is 7.18. The molecule has 2 N–H and O–H groups in total. The maximum atomic E-state index is 12.8. The Morgan fingerprint density at radius 1 is 1.22 bits per heavy atom. The van der Waals surface area contributed by atoms with Gasteiger partial charge in [0.15, 0.2) is 0 Å². The van der Waals surface area contributed by atoms with Crippen molar-refractivity contribution in [3.63, 3.8) is 0 Å². The van der Waals surface area contributed by atoms with E-state index in [1.54, 1.807) is 0 Å². The van der Waals surface area contributed by atoms with E-state index in [9.17, 15) is 22.8 Å². The number of hydrogen-bond donors (Lipinski definition) is 2. The standard InChI is InChI=1S/C16H18F3NO3/c1-14(2,10-4-3-5-11(8-10)16(17,18)19)12(21)20-9-15(6-7-15)13(22)23/h3-5,8H,6-7,9H2,1-2H3,(H,20,21)(H,22,23). The molecule has 0 aromatic heterocycles. The molecule has 1 aromatic carbocycles. The Hall–Kier alpha value is -2.05. The molecule has 0 unspecified atom stereocenters. The maximum absolute atomic E-state index is 12.8. The highest BCUT2D eigenvalue weighted by Gasteiger charge is 2.50. The zero-order valence-electron chi connectivity index (χ0n) is 12.8. The molecular weight excluding hydrogens is 311 g/mol. The van der Waals surface area contributed by atoms with E-state index < -0.39 is 34.4 Å². The Kier molecular flexibility index (Phi) is 4.17. The first-order chi connectivity index (χ1) is 10.5. The second kappa shape index (κ2) is 5.54. The van der Waals surface area contributed by atoms with E-state index in [0.29, 0.717) is 12.8 Å². The van der Waals surface area contributed by atoms with Gasteiger partial charge in [0.05, 0.1) is 16.4 Å². The fraction of sp³-hybridized carbons (Fsp3) is 0.500. The number of alkyl halides is 3. The third-order valence-electron chi connectivity index (χ3n) is 4.37. The number of aliphatic carboxylic acids is 1. The lowest BCUT2D eigenvalue weighted by molar-refractivity contribution is -0.143. The number of hydrogen-bond acceptors (Lipinski definition) is 2. The van der Waals surface area contributed by atoms with Crippen molar-refractivity contribution >= 4 is 11.9 Å². The molecule has 1 amide bonds. The Bertz CT molecular complexity index is 634. The molecule has 1 fully saturated rings. The molecule has 0 saturated heterocycles. The van der Waals surface area contributed by atoms with Crippen molar-refractivity contribution in [2.45, 2.75) is 38.3 Å². The molecular formula is C16H18F3NO3. The smallest absolute Gasteiger partial charge is 0.416 e. The number of carboxylic acid groups (broad SMARTS) is 1. The molecule has 0 aliphatic heterocycles. The highest BCUT2D eigenvalue weighted by molar-refractivity contribution is 5.88. The highest BCUT2D eigenvalue weighted by atomic mass is 19.4. The molecule has 1 aromatic rings. The van der Waals surface area contributed by atoms with Gasteiger partial charge in [-0.15, -0.1) is 0 Å². The van der Waals surface area contributed by atoms with Gasteiger partial charge in [0.1, 0.15) is 0 Å². The summed E-state index contributed by atoms with van der Waals surface area (Å²) in [7, 11) is 0. The summed E-state index contributed by atoms with van der Waals surface area (Å²) in [5.74, 6) is -1.46. The van der Waals surface area contributed by atoms with Crippen LogP contribution < -0.4 is 5.32 Å². The van der Waals surface area contributed by atoms with Gasteiger partial charge in [-0.05, 0) is 38.3 Å². The van der Waals surface area contributed by atoms with Gasteiger partial charge in [0.25, 0.3) is 0 Å². The van der Waals surface area contributed by atoms with Crippen LogP contribution in [-0.4, -0.2) is 23.5 Å². The van der Waals surface area contributed by atoms with Gasteiger partial charge in [-0.2, -0.15) is 13.2 Å². The van der Waals surface area contributed by atoms with Gasteiger partial charge in [0.2, 0.25) is 5.91 Å². The van der Waals surface area contributed by atoms with Crippen molar-refractivity contribution in [1.82, 2.24) is 5.32 Å². The quantitative estimate of drug-likeness (QED) is 0.873. The molecule has 0 atom stereocenters. The number of carbonyl (C=O) groups excluding carboxylic acids is 1. The van der Waals surface area contributed by atoms with E-state index in [2.05, 4.69) is 5.32 Å². The summed E-state index contributed by atoms with van der Waals surface area (Å²) < 4.78 is 38.4. The number of carboxylic acids is 1. The summed E-state index contributed by atoms with van der Waals surface area (Å²) in [6, 6.07) is 4.61. The topological polar surface area (TPSA) is 66.4 Å². The fourth-order valence-electron chi connectivity index (χ4n) is 2.30. The van der Waals surface area contributed by atoms with E-state index in [1.165, 1.54) is 26.0 Å². The Labute approximate surface area is 131 Å². The fourth-order valence-corrected chi connectivity index (χ4v) is 2.30. The third kappa shape index (κ3) is 3.48. The minimum Gasteiger partial charge on any atom is -0.481 e. The number of benzene rings is 1. The van der Waals surface area contributed by atoms with E-state index in [1.807, 2.05) is 0 Å². The Balaban J connectivity index is 2.14. The lowest BCUT2D eigenvalue weighted by Gasteiger charge is -2.26. The lowest BCUT2D eigenvalue weighted by atomic mass is 9.82. The second-order valence-corrected chi connectivity index (χ2v) is 6.47. The molecule has 7 heteroatoms. The molecule has 23 heavy (non-hydrogen) atoms. The number of nitrogens with one attached hydrogen (secondary N) is 1. The normalized spacial score (nSPS) is 16.7. The predicted molar refractivity (Wildman–Crippen MR) is 76.8 cm³/mol. The molecule has 0 bridgehead atoms. The van der Waals surface area contributed by atoms with E-state index in [-0.39, 0.29) is 12.1 Å². The van der Waals surface area contributed by atoms with Crippen LogP contribution in [0, 0.1) is 5.41 Å². The average Bonchev–Trinajstić information content (AvgIpc) is 3.25. The van der Waals surface area contributed by atoms with Crippen LogP contribution in [0.1, 0.15) is 37.8 Å². The molecule has 126 valence electrons. The summed E-state index contributed by atoms with van der Waals surface area (Å²) in [6.07, 6.45) is -3.50. The number of carbonyl (C=O) groups is 2. The van der Waals surface area contributed by atoms with Gasteiger partial charge >= 0.3 is 12.1 Å².